The van der Waals surface area contributed by atoms with Gasteiger partial charge in [0, 0.05) is 6.20 Å². The molecule has 1 fully saturated rings. The third kappa shape index (κ3) is 3.03. The van der Waals surface area contributed by atoms with E-state index < -0.39 is 0 Å². The zero-order valence-electron chi connectivity index (χ0n) is 13.0. The smallest absolute Gasteiger partial charge is 0.0649 e. The Balaban J connectivity index is 1.92. The van der Waals surface area contributed by atoms with Crippen LogP contribution in [0.5, 0.6) is 0 Å². The van der Waals surface area contributed by atoms with Gasteiger partial charge >= 0.3 is 0 Å². The quantitative estimate of drug-likeness (QED) is 0.900. The van der Waals surface area contributed by atoms with E-state index in [0.29, 0.717) is 6.04 Å². The number of para-hydroxylation sites is 1. The van der Waals surface area contributed by atoms with Crippen molar-refractivity contribution in [3.05, 3.63) is 48.3 Å². The lowest BCUT2D eigenvalue weighted by molar-refractivity contribution is 0.352. The van der Waals surface area contributed by atoms with Crippen molar-refractivity contribution in [3.8, 4) is 5.69 Å². The average Bonchev–Trinajstić information content (AvgIpc) is 3.15. The lowest BCUT2D eigenvalue weighted by Crippen LogP contribution is -2.29. The van der Waals surface area contributed by atoms with E-state index in [0.717, 1.165) is 24.1 Å². The Morgan fingerprint density at radius 2 is 2.05 bits per heavy atom. The van der Waals surface area contributed by atoms with Crippen molar-refractivity contribution in [1.82, 2.24) is 15.1 Å². The first kappa shape index (κ1) is 14.3. The molecule has 2 aromatic rings. The van der Waals surface area contributed by atoms with Gasteiger partial charge in [-0.3, -0.25) is 0 Å². The van der Waals surface area contributed by atoms with E-state index in [4.69, 9.17) is 0 Å². The van der Waals surface area contributed by atoms with Crippen molar-refractivity contribution in [3.63, 3.8) is 0 Å². The van der Waals surface area contributed by atoms with Gasteiger partial charge in [0.05, 0.1) is 17.4 Å². The number of nitrogens with one attached hydrogen (secondary N) is 1. The van der Waals surface area contributed by atoms with Gasteiger partial charge in [0.2, 0.25) is 0 Å². The Morgan fingerprint density at radius 1 is 1.24 bits per heavy atom. The van der Waals surface area contributed by atoms with Crippen molar-refractivity contribution >= 4 is 0 Å². The van der Waals surface area contributed by atoms with Gasteiger partial charge in [-0.1, -0.05) is 38.5 Å². The molecule has 3 atom stereocenters. The van der Waals surface area contributed by atoms with Gasteiger partial charge in [0.25, 0.3) is 0 Å². The fraction of sp³-hybridized carbons (Fsp3) is 0.500. The van der Waals surface area contributed by atoms with Gasteiger partial charge in [0.1, 0.15) is 0 Å². The molecule has 1 aromatic carbocycles. The molecule has 0 bridgehead atoms. The van der Waals surface area contributed by atoms with Gasteiger partial charge in [0.15, 0.2) is 0 Å². The maximum absolute atomic E-state index is 4.56. The van der Waals surface area contributed by atoms with Crippen molar-refractivity contribution in [1.29, 1.82) is 0 Å². The Hall–Kier alpha value is -1.61. The second-order valence-corrected chi connectivity index (χ2v) is 6.22. The number of hydrogen-bond acceptors (Lipinski definition) is 2. The number of rotatable bonds is 5. The molecule has 1 N–H and O–H groups in total. The van der Waals surface area contributed by atoms with Gasteiger partial charge in [-0.25, -0.2) is 4.68 Å². The highest BCUT2D eigenvalue weighted by Crippen LogP contribution is 2.39. The number of hydrogen-bond donors (Lipinski definition) is 1. The van der Waals surface area contributed by atoms with Crippen LogP contribution in [0, 0.1) is 11.8 Å². The zero-order chi connectivity index (χ0) is 14.7. The van der Waals surface area contributed by atoms with Crippen molar-refractivity contribution in [2.75, 3.05) is 6.54 Å². The van der Waals surface area contributed by atoms with Crippen LogP contribution in [0.15, 0.2) is 42.6 Å². The van der Waals surface area contributed by atoms with Crippen LogP contribution in [0.3, 0.4) is 0 Å². The minimum atomic E-state index is 0.405. The molecule has 3 rings (SSSR count). The van der Waals surface area contributed by atoms with Gasteiger partial charge in [-0.05, 0) is 49.4 Å². The molecule has 0 spiro atoms. The van der Waals surface area contributed by atoms with Gasteiger partial charge in [-0.15, -0.1) is 0 Å². The predicted molar refractivity (Wildman–Crippen MR) is 86.5 cm³/mol. The lowest BCUT2D eigenvalue weighted by atomic mass is 9.94. The zero-order valence-corrected chi connectivity index (χ0v) is 13.0. The minimum absolute atomic E-state index is 0.405. The molecule has 0 saturated heterocycles. The third-order valence-electron chi connectivity index (χ3n) is 4.62. The van der Waals surface area contributed by atoms with Crippen LogP contribution in [0.25, 0.3) is 5.69 Å². The average molecular weight is 283 g/mol. The summed E-state index contributed by atoms with van der Waals surface area (Å²) in [5, 5.41) is 8.25. The van der Waals surface area contributed by atoms with E-state index in [1.165, 1.54) is 25.0 Å². The number of nitrogens with zero attached hydrogens (tertiary/aromatic N) is 2. The second kappa shape index (κ2) is 6.44. The molecule has 1 saturated carbocycles. The monoisotopic (exact) mass is 283 g/mol. The molecule has 112 valence electrons. The van der Waals surface area contributed by atoms with Crippen LogP contribution in [0.1, 0.15) is 44.8 Å². The molecule has 1 aliphatic carbocycles. The standard InChI is InChI=1S/C18H25N3/c1-3-19-18(15-10-9-14(2)13-15)17-11-12-20-21(17)16-7-5-4-6-8-16/h4-8,11-12,14-15,18-19H,3,9-10,13H2,1-2H3. The Labute approximate surface area is 127 Å². The summed E-state index contributed by atoms with van der Waals surface area (Å²) in [7, 11) is 0. The van der Waals surface area contributed by atoms with E-state index in [1.54, 1.807) is 0 Å². The summed E-state index contributed by atoms with van der Waals surface area (Å²) in [5.74, 6) is 1.57. The normalized spacial score (nSPS) is 23.3. The van der Waals surface area contributed by atoms with Crippen LogP contribution in [-0.2, 0) is 0 Å². The summed E-state index contributed by atoms with van der Waals surface area (Å²) in [6, 6.07) is 13.0. The summed E-state index contributed by atoms with van der Waals surface area (Å²) in [6.45, 7) is 5.56. The van der Waals surface area contributed by atoms with Crippen molar-refractivity contribution < 1.29 is 0 Å². The molecule has 0 radical (unpaired) electrons. The summed E-state index contributed by atoms with van der Waals surface area (Å²) in [5.41, 5.74) is 2.44. The second-order valence-electron chi connectivity index (χ2n) is 6.22. The van der Waals surface area contributed by atoms with E-state index >= 15 is 0 Å². The molecule has 0 amide bonds. The predicted octanol–water partition coefficient (Wildman–Crippen LogP) is 3.96. The highest BCUT2D eigenvalue weighted by Gasteiger charge is 2.31. The molecule has 1 heterocycles. The maximum atomic E-state index is 4.56. The van der Waals surface area contributed by atoms with E-state index in [1.807, 2.05) is 12.3 Å². The first-order valence-corrected chi connectivity index (χ1v) is 8.12. The third-order valence-corrected chi connectivity index (χ3v) is 4.62. The first-order valence-electron chi connectivity index (χ1n) is 8.12. The molecule has 3 nitrogen and oxygen atoms in total. The van der Waals surface area contributed by atoms with Gasteiger partial charge < -0.3 is 5.32 Å². The van der Waals surface area contributed by atoms with Crippen LogP contribution >= 0.6 is 0 Å². The summed E-state index contributed by atoms with van der Waals surface area (Å²) in [6.07, 6.45) is 5.91. The van der Waals surface area contributed by atoms with Crippen LogP contribution < -0.4 is 5.32 Å². The molecule has 21 heavy (non-hydrogen) atoms. The molecule has 3 heteroatoms. The molecule has 1 aliphatic rings. The fourth-order valence-electron chi connectivity index (χ4n) is 3.62. The SMILES string of the molecule is CCNC(c1ccnn1-c1ccccc1)C1CCC(C)C1. The summed E-state index contributed by atoms with van der Waals surface area (Å²) >= 11 is 0. The lowest BCUT2D eigenvalue weighted by Gasteiger charge is -2.25. The topological polar surface area (TPSA) is 29.9 Å². The highest BCUT2D eigenvalue weighted by atomic mass is 15.3. The molecular weight excluding hydrogens is 258 g/mol. The highest BCUT2D eigenvalue weighted by molar-refractivity contribution is 5.33. The van der Waals surface area contributed by atoms with E-state index in [9.17, 15) is 0 Å². The fourth-order valence-corrected chi connectivity index (χ4v) is 3.62. The largest absolute Gasteiger partial charge is 0.309 e. The first-order chi connectivity index (χ1) is 10.3. The molecule has 3 unspecified atom stereocenters. The summed E-state index contributed by atoms with van der Waals surface area (Å²) < 4.78 is 2.09. The van der Waals surface area contributed by atoms with Crippen molar-refractivity contribution in [2.24, 2.45) is 11.8 Å². The van der Waals surface area contributed by atoms with E-state index in [-0.39, 0.29) is 0 Å². The Bertz CT molecular complexity index is 561. The van der Waals surface area contributed by atoms with Crippen molar-refractivity contribution in [2.45, 2.75) is 39.2 Å². The van der Waals surface area contributed by atoms with Crippen LogP contribution in [-0.4, -0.2) is 16.3 Å². The summed E-state index contributed by atoms with van der Waals surface area (Å²) in [4.78, 5) is 0. The Kier molecular flexibility index (Phi) is 4.39. The maximum Gasteiger partial charge on any atom is 0.0649 e. The van der Waals surface area contributed by atoms with E-state index in [2.05, 4.69) is 59.3 Å². The molecule has 0 aliphatic heterocycles. The Morgan fingerprint density at radius 3 is 2.71 bits per heavy atom. The molecule has 1 aromatic heterocycles. The van der Waals surface area contributed by atoms with Gasteiger partial charge in [-0.2, -0.15) is 5.10 Å². The number of aromatic nitrogens is 2. The molecular formula is C18H25N3. The van der Waals surface area contributed by atoms with Crippen LogP contribution in [0.2, 0.25) is 0 Å². The number of benzene rings is 1. The van der Waals surface area contributed by atoms with Crippen LogP contribution in [0.4, 0.5) is 0 Å². The minimum Gasteiger partial charge on any atom is -0.309 e.